The zero-order valence-electron chi connectivity index (χ0n) is 16.2. The van der Waals surface area contributed by atoms with E-state index in [4.69, 9.17) is 22.5 Å². The second-order valence-electron chi connectivity index (χ2n) is 6.63. The fourth-order valence-corrected chi connectivity index (χ4v) is 2.48. The van der Waals surface area contributed by atoms with E-state index in [0.717, 1.165) is 12.5 Å². The standard InChI is InChI=1S/C22H18ClF2N3O3/c1-22(26,21(24)25)18(20(30)28-31)27-19(29)16-10-6-14(7-11-16)4-2-3-5-15-8-12-17(23)13-9-15/h6-13,18,21,31H,26H2,1H3,(H,27,29)(H,28,30)/t18-,22?/m1/s1. The van der Waals surface area contributed by atoms with Gasteiger partial charge in [-0.3, -0.25) is 14.8 Å². The SMILES string of the molecule is CC(N)(C(F)F)[C@H](NC(=O)c1ccc(C#CC#Cc2ccc(Cl)cc2)cc1)C(=O)NO. The summed E-state index contributed by atoms with van der Waals surface area (Å²) in [6, 6.07) is 10.9. The number of carbonyl (C=O) groups excluding carboxylic acids is 2. The molecule has 2 aromatic rings. The van der Waals surface area contributed by atoms with Gasteiger partial charge in [0.2, 0.25) is 0 Å². The van der Waals surface area contributed by atoms with E-state index >= 15 is 0 Å². The summed E-state index contributed by atoms with van der Waals surface area (Å²) in [6.07, 6.45) is -3.14. The molecule has 2 rings (SSSR count). The van der Waals surface area contributed by atoms with E-state index in [1.165, 1.54) is 29.7 Å². The molecule has 160 valence electrons. The first-order valence-corrected chi connectivity index (χ1v) is 9.22. The zero-order chi connectivity index (χ0) is 23.0. The number of nitrogens with two attached hydrogens (primary N) is 1. The Morgan fingerprint density at radius 3 is 1.97 bits per heavy atom. The van der Waals surface area contributed by atoms with Crippen LogP contribution in [0.1, 0.15) is 28.4 Å². The summed E-state index contributed by atoms with van der Waals surface area (Å²) in [5.41, 5.74) is 5.69. The zero-order valence-corrected chi connectivity index (χ0v) is 17.0. The van der Waals surface area contributed by atoms with Crippen LogP contribution in [-0.2, 0) is 4.79 Å². The number of halogens is 3. The molecule has 0 saturated heterocycles. The maximum absolute atomic E-state index is 13.2. The molecule has 9 heteroatoms. The maximum Gasteiger partial charge on any atom is 0.268 e. The average Bonchev–Trinajstić information content (AvgIpc) is 2.75. The second kappa shape index (κ2) is 10.6. The van der Waals surface area contributed by atoms with Gasteiger partial charge in [-0.25, -0.2) is 14.3 Å². The Morgan fingerprint density at radius 1 is 1.03 bits per heavy atom. The molecule has 2 amide bonds. The van der Waals surface area contributed by atoms with Crippen molar-refractivity contribution >= 4 is 23.4 Å². The summed E-state index contributed by atoms with van der Waals surface area (Å²) in [5.74, 6) is 8.94. The van der Waals surface area contributed by atoms with Gasteiger partial charge in [-0.05, 0) is 67.3 Å². The molecule has 0 radical (unpaired) electrons. The summed E-state index contributed by atoms with van der Waals surface area (Å²) in [5, 5.41) is 11.5. The first-order valence-electron chi connectivity index (χ1n) is 8.84. The van der Waals surface area contributed by atoms with Gasteiger partial charge in [0.25, 0.3) is 18.2 Å². The summed E-state index contributed by atoms with van der Waals surface area (Å²) < 4.78 is 26.3. The normalized spacial score (nSPS) is 13.0. The van der Waals surface area contributed by atoms with Gasteiger partial charge in [0.1, 0.15) is 11.6 Å². The van der Waals surface area contributed by atoms with Crippen LogP contribution in [0.5, 0.6) is 0 Å². The molecule has 0 heterocycles. The average molecular weight is 446 g/mol. The summed E-state index contributed by atoms with van der Waals surface area (Å²) in [7, 11) is 0. The van der Waals surface area contributed by atoms with Crippen molar-refractivity contribution in [2.45, 2.75) is 24.9 Å². The van der Waals surface area contributed by atoms with E-state index in [2.05, 4.69) is 29.0 Å². The van der Waals surface area contributed by atoms with Crippen molar-refractivity contribution in [3.63, 3.8) is 0 Å². The van der Waals surface area contributed by atoms with Crippen LogP contribution in [0, 0.1) is 23.7 Å². The second-order valence-corrected chi connectivity index (χ2v) is 7.07. The molecule has 0 aliphatic carbocycles. The van der Waals surface area contributed by atoms with Gasteiger partial charge in [0, 0.05) is 21.7 Å². The van der Waals surface area contributed by atoms with E-state index in [-0.39, 0.29) is 5.56 Å². The number of nitrogens with one attached hydrogen (secondary N) is 2. The van der Waals surface area contributed by atoms with Crippen molar-refractivity contribution < 1.29 is 23.6 Å². The Hall–Kier alpha value is -3.43. The number of rotatable bonds is 5. The molecule has 0 fully saturated rings. The fraction of sp³-hybridized carbons (Fsp3) is 0.182. The Balaban J connectivity index is 2.10. The van der Waals surface area contributed by atoms with Crippen molar-refractivity contribution in [1.82, 2.24) is 10.8 Å². The van der Waals surface area contributed by atoms with E-state index < -0.39 is 29.8 Å². The van der Waals surface area contributed by atoms with Gasteiger partial charge in [-0.15, -0.1) is 0 Å². The highest BCUT2D eigenvalue weighted by Crippen LogP contribution is 2.18. The van der Waals surface area contributed by atoms with Gasteiger partial charge in [-0.2, -0.15) is 0 Å². The van der Waals surface area contributed by atoms with Crippen LogP contribution < -0.4 is 16.5 Å². The third-order valence-electron chi connectivity index (χ3n) is 4.21. The molecule has 0 spiro atoms. The predicted octanol–water partition coefficient (Wildman–Crippen LogP) is 2.33. The smallest absolute Gasteiger partial charge is 0.268 e. The molecule has 0 aliphatic rings. The van der Waals surface area contributed by atoms with Crippen molar-refractivity contribution in [3.8, 4) is 23.7 Å². The molecule has 5 N–H and O–H groups in total. The summed E-state index contributed by atoms with van der Waals surface area (Å²) in [4.78, 5) is 24.1. The van der Waals surface area contributed by atoms with E-state index in [0.29, 0.717) is 10.6 Å². The minimum Gasteiger partial charge on any atom is -0.338 e. The lowest BCUT2D eigenvalue weighted by molar-refractivity contribution is -0.134. The van der Waals surface area contributed by atoms with Gasteiger partial charge >= 0.3 is 0 Å². The van der Waals surface area contributed by atoms with Crippen LogP contribution in [0.4, 0.5) is 8.78 Å². The van der Waals surface area contributed by atoms with Crippen LogP contribution in [0.25, 0.3) is 0 Å². The topological polar surface area (TPSA) is 104 Å². The van der Waals surface area contributed by atoms with Gasteiger partial charge in [-0.1, -0.05) is 23.4 Å². The summed E-state index contributed by atoms with van der Waals surface area (Å²) >= 11 is 5.80. The van der Waals surface area contributed by atoms with Gasteiger partial charge in [0.05, 0.1) is 0 Å². The third-order valence-corrected chi connectivity index (χ3v) is 4.46. The lowest BCUT2D eigenvalue weighted by Gasteiger charge is -2.32. The number of alkyl halides is 2. The van der Waals surface area contributed by atoms with Crippen LogP contribution in [0.15, 0.2) is 48.5 Å². The molecule has 0 aromatic heterocycles. The first-order chi connectivity index (χ1) is 14.6. The molecule has 0 bridgehead atoms. The molecule has 31 heavy (non-hydrogen) atoms. The fourth-order valence-electron chi connectivity index (χ4n) is 2.35. The molecule has 2 aromatic carbocycles. The number of amides is 2. The Morgan fingerprint density at radius 2 is 1.52 bits per heavy atom. The Bertz CT molecular complexity index is 1060. The third kappa shape index (κ3) is 6.53. The highest BCUT2D eigenvalue weighted by Gasteiger charge is 2.44. The molecule has 0 saturated carbocycles. The molecule has 6 nitrogen and oxygen atoms in total. The van der Waals surface area contributed by atoms with Crippen molar-refractivity contribution in [3.05, 3.63) is 70.2 Å². The number of hydroxylamine groups is 1. The lowest BCUT2D eigenvalue weighted by Crippen LogP contribution is -2.66. The lowest BCUT2D eigenvalue weighted by atomic mass is 9.92. The highest BCUT2D eigenvalue weighted by molar-refractivity contribution is 6.30. The monoisotopic (exact) mass is 445 g/mol. The highest BCUT2D eigenvalue weighted by atomic mass is 35.5. The Kier molecular flexibility index (Phi) is 8.12. The number of hydrogen-bond donors (Lipinski definition) is 4. The van der Waals surface area contributed by atoms with E-state index in [1.54, 1.807) is 24.3 Å². The van der Waals surface area contributed by atoms with E-state index in [9.17, 15) is 18.4 Å². The molecular formula is C22H18ClF2N3O3. The van der Waals surface area contributed by atoms with Crippen LogP contribution in [0.2, 0.25) is 5.02 Å². The van der Waals surface area contributed by atoms with Crippen LogP contribution in [0.3, 0.4) is 0 Å². The Labute approximate surface area is 182 Å². The van der Waals surface area contributed by atoms with Crippen molar-refractivity contribution in [1.29, 1.82) is 0 Å². The molecule has 0 aliphatic heterocycles. The largest absolute Gasteiger partial charge is 0.338 e. The minimum atomic E-state index is -3.14. The number of carbonyl (C=O) groups is 2. The minimum absolute atomic E-state index is 0.0820. The summed E-state index contributed by atoms with van der Waals surface area (Å²) in [6.45, 7) is 0.890. The quantitative estimate of drug-likeness (QED) is 0.322. The van der Waals surface area contributed by atoms with Gasteiger partial charge < -0.3 is 11.1 Å². The predicted molar refractivity (Wildman–Crippen MR) is 111 cm³/mol. The number of benzene rings is 2. The molecule has 2 atom stereocenters. The van der Waals surface area contributed by atoms with E-state index in [1.807, 2.05) is 0 Å². The van der Waals surface area contributed by atoms with Crippen molar-refractivity contribution in [2.24, 2.45) is 5.73 Å². The van der Waals surface area contributed by atoms with Gasteiger partial charge in [0.15, 0.2) is 0 Å². The number of hydrogen-bond acceptors (Lipinski definition) is 4. The molecule has 1 unspecified atom stereocenters. The molecular weight excluding hydrogens is 428 g/mol. The van der Waals surface area contributed by atoms with Crippen LogP contribution >= 0.6 is 11.6 Å². The van der Waals surface area contributed by atoms with Crippen LogP contribution in [-0.4, -0.2) is 35.0 Å². The maximum atomic E-state index is 13.2. The van der Waals surface area contributed by atoms with Crippen molar-refractivity contribution in [2.75, 3.05) is 0 Å². The first kappa shape index (κ1) is 23.8.